The first-order valence-electron chi connectivity index (χ1n) is 9.43. The Labute approximate surface area is 168 Å². The Hall–Kier alpha value is -2.97. The highest BCUT2D eigenvalue weighted by atomic mass is 32.2. The molecule has 0 atom stereocenters. The first kappa shape index (κ1) is 19.4. The van der Waals surface area contributed by atoms with Crippen molar-refractivity contribution in [2.75, 3.05) is 18.4 Å². The van der Waals surface area contributed by atoms with Gasteiger partial charge in [-0.25, -0.2) is 8.42 Å². The molecule has 3 aromatic rings. The van der Waals surface area contributed by atoms with Crippen molar-refractivity contribution in [2.24, 2.45) is 0 Å². The number of amides is 1. The average molecular weight is 411 g/mol. The molecule has 1 N–H and O–H groups in total. The molecule has 0 radical (unpaired) electrons. The van der Waals surface area contributed by atoms with E-state index in [9.17, 15) is 18.0 Å². The van der Waals surface area contributed by atoms with Gasteiger partial charge in [0, 0.05) is 30.4 Å². The van der Waals surface area contributed by atoms with Crippen LogP contribution < -0.4 is 10.9 Å². The van der Waals surface area contributed by atoms with Crippen LogP contribution in [0.3, 0.4) is 0 Å². The van der Waals surface area contributed by atoms with E-state index < -0.39 is 10.0 Å². The minimum absolute atomic E-state index is 0.127. The number of rotatable bonds is 5. The molecule has 0 unspecified atom stereocenters. The zero-order chi connectivity index (χ0) is 20.4. The predicted molar refractivity (Wildman–Crippen MR) is 111 cm³/mol. The number of carbonyl (C=O) groups is 1. The predicted octanol–water partition coefficient (Wildman–Crippen LogP) is 2.42. The summed E-state index contributed by atoms with van der Waals surface area (Å²) >= 11 is 0. The number of benzene rings is 2. The third-order valence-corrected chi connectivity index (χ3v) is 6.95. The third kappa shape index (κ3) is 3.94. The minimum atomic E-state index is -3.48. The van der Waals surface area contributed by atoms with Gasteiger partial charge in [0.15, 0.2) is 0 Å². The molecular weight excluding hydrogens is 390 g/mol. The number of aromatic nitrogens is 1. The molecule has 1 aliphatic heterocycles. The lowest BCUT2D eigenvalue weighted by molar-refractivity contribution is -0.116. The van der Waals surface area contributed by atoms with Gasteiger partial charge in [-0.15, -0.1) is 0 Å². The van der Waals surface area contributed by atoms with Gasteiger partial charge in [0.2, 0.25) is 15.9 Å². The van der Waals surface area contributed by atoms with Gasteiger partial charge in [-0.3, -0.25) is 9.59 Å². The highest BCUT2D eigenvalue weighted by molar-refractivity contribution is 7.89. The molecule has 29 heavy (non-hydrogen) atoms. The van der Waals surface area contributed by atoms with Gasteiger partial charge in [0.1, 0.15) is 6.54 Å². The second kappa shape index (κ2) is 7.81. The molecule has 0 aliphatic carbocycles. The fourth-order valence-electron chi connectivity index (χ4n) is 3.50. The van der Waals surface area contributed by atoms with Crippen molar-refractivity contribution in [1.29, 1.82) is 0 Å². The number of fused-ring (bicyclic) bond motifs is 1. The molecule has 1 fully saturated rings. The van der Waals surface area contributed by atoms with Gasteiger partial charge in [-0.05, 0) is 54.6 Å². The van der Waals surface area contributed by atoms with Crippen LogP contribution in [0.2, 0.25) is 0 Å². The minimum Gasteiger partial charge on any atom is -0.325 e. The topological polar surface area (TPSA) is 88.5 Å². The van der Waals surface area contributed by atoms with E-state index in [1.807, 2.05) is 12.1 Å². The van der Waals surface area contributed by atoms with Crippen LogP contribution in [-0.4, -0.2) is 36.3 Å². The van der Waals surface area contributed by atoms with Crippen LogP contribution in [0, 0.1) is 0 Å². The van der Waals surface area contributed by atoms with Gasteiger partial charge < -0.3 is 9.88 Å². The quantitative estimate of drug-likeness (QED) is 0.698. The number of nitrogens with zero attached hydrogens (tertiary/aromatic N) is 2. The van der Waals surface area contributed by atoms with Gasteiger partial charge in [-0.1, -0.05) is 18.2 Å². The first-order chi connectivity index (χ1) is 13.9. The number of anilines is 1. The number of hydrogen-bond acceptors (Lipinski definition) is 4. The summed E-state index contributed by atoms with van der Waals surface area (Å²) in [6.07, 6.45) is 3.35. The smallest absolute Gasteiger partial charge is 0.258 e. The standard InChI is InChI=1S/C21H21N3O4S/c25-20(15-23-14-11-16-5-1-2-6-19(16)21(23)26)22-17-7-9-18(10-8-17)29(27,28)24-12-3-4-13-24/h1-2,5-11,14H,3-4,12-13,15H2,(H,22,25). The molecule has 0 bridgehead atoms. The van der Waals surface area contributed by atoms with E-state index in [1.165, 1.54) is 21.0 Å². The van der Waals surface area contributed by atoms with Crippen molar-refractivity contribution in [2.45, 2.75) is 24.3 Å². The summed E-state index contributed by atoms with van der Waals surface area (Å²) < 4.78 is 27.9. The molecule has 1 aliphatic rings. The maximum atomic E-state index is 12.6. The van der Waals surface area contributed by atoms with E-state index in [0.717, 1.165) is 18.2 Å². The van der Waals surface area contributed by atoms with Crippen molar-refractivity contribution in [3.63, 3.8) is 0 Å². The Kier molecular flexibility index (Phi) is 5.21. The van der Waals surface area contributed by atoms with E-state index in [-0.39, 0.29) is 22.9 Å². The van der Waals surface area contributed by atoms with E-state index >= 15 is 0 Å². The lowest BCUT2D eigenvalue weighted by Gasteiger charge is -2.15. The summed E-state index contributed by atoms with van der Waals surface area (Å²) in [5.74, 6) is -0.363. The van der Waals surface area contributed by atoms with Gasteiger partial charge >= 0.3 is 0 Å². The number of carbonyl (C=O) groups excluding carboxylic acids is 1. The molecule has 1 aromatic heterocycles. The second-order valence-corrected chi connectivity index (χ2v) is 8.96. The Morgan fingerprint density at radius 1 is 0.966 bits per heavy atom. The van der Waals surface area contributed by atoms with Crippen LogP contribution in [0.25, 0.3) is 10.8 Å². The summed E-state index contributed by atoms with van der Waals surface area (Å²) in [5, 5.41) is 4.08. The lowest BCUT2D eigenvalue weighted by atomic mass is 10.2. The fraction of sp³-hybridized carbons (Fsp3) is 0.238. The summed E-state index contributed by atoms with van der Waals surface area (Å²) in [6.45, 7) is 0.958. The normalized spacial score (nSPS) is 14.9. The van der Waals surface area contributed by atoms with Crippen LogP contribution >= 0.6 is 0 Å². The maximum absolute atomic E-state index is 12.6. The summed E-state index contributed by atoms with van der Waals surface area (Å²) in [6, 6.07) is 15.1. The fourth-order valence-corrected chi connectivity index (χ4v) is 5.01. The molecule has 4 rings (SSSR count). The van der Waals surface area contributed by atoms with Crippen molar-refractivity contribution >= 4 is 32.4 Å². The molecule has 1 amide bonds. The summed E-state index contributed by atoms with van der Waals surface area (Å²) in [7, 11) is -3.48. The summed E-state index contributed by atoms with van der Waals surface area (Å²) in [5.41, 5.74) is 0.245. The highest BCUT2D eigenvalue weighted by Crippen LogP contribution is 2.22. The van der Waals surface area contributed by atoms with Gasteiger partial charge in [0.05, 0.1) is 4.90 Å². The van der Waals surface area contributed by atoms with Crippen molar-refractivity contribution in [3.05, 3.63) is 71.1 Å². The van der Waals surface area contributed by atoms with Crippen LogP contribution in [0.15, 0.2) is 70.5 Å². The zero-order valence-corrected chi connectivity index (χ0v) is 16.6. The van der Waals surface area contributed by atoms with Crippen LogP contribution in [0.4, 0.5) is 5.69 Å². The molecule has 8 heteroatoms. The molecule has 7 nitrogen and oxygen atoms in total. The summed E-state index contributed by atoms with van der Waals surface area (Å²) in [4.78, 5) is 25.1. The molecule has 2 aromatic carbocycles. The Balaban J connectivity index is 1.46. The average Bonchev–Trinajstić information content (AvgIpc) is 3.27. The van der Waals surface area contributed by atoms with Crippen LogP contribution in [0.5, 0.6) is 0 Å². The largest absolute Gasteiger partial charge is 0.325 e. The molecule has 0 saturated carbocycles. The zero-order valence-electron chi connectivity index (χ0n) is 15.7. The number of nitrogens with one attached hydrogen (secondary N) is 1. The molecule has 1 saturated heterocycles. The Morgan fingerprint density at radius 3 is 2.38 bits per heavy atom. The second-order valence-electron chi connectivity index (χ2n) is 7.02. The van der Waals surface area contributed by atoms with Crippen LogP contribution in [-0.2, 0) is 21.4 Å². The third-order valence-electron chi connectivity index (χ3n) is 5.04. The number of sulfonamides is 1. The van der Waals surface area contributed by atoms with E-state index in [2.05, 4.69) is 5.32 Å². The first-order valence-corrected chi connectivity index (χ1v) is 10.9. The van der Waals surface area contributed by atoms with Gasteiger partial charge in [0.25, 0.3) is 5.56 Å². The number of hydrogen-bond donors (Lipinski definition) is 1. The highest BCUT2D eigenvalue weighted by Gasteiger charge is 2.26. The monoisotopic (exact) mass is 411 g/mol. The molecule has 2 heterocycles. The lowest BCUT2D eigenvalue weighted by Crippen LogP contribution is -2.28. The van der Waals surface area contributed by atoms with E-state index in [0.29, 0.717) is 24.2 Å². The van der Waals surface area contributed by atoms with Crippen molar-refractivity contribution in [3.8, 4) is 0 Å². The number of pyridine rings is 1. The van der Waals surface area contributed by atoms with Crippen molar-refractivity contribution < 1.29 is 13.2 Å². The maximum Gasteiger partial charge on any atom is 0.258 e. The van der Waals surface area contributed by atoms with Crippen molar-refractivity contribution in [1.82, 2.24) is 8.87 Å². The Bertz CT molecular complexity index is 1210. The molecule has 0 spiro atoms. The SMILES string of the molecule is O=C(Cn1ccc2ccccc2c1=O)Nc1ccc(S(=O)(=O)N2CCCC2)cc1. The molecular formula is C21H21N3O4S. The van der Waals surface area contributed by atoms with E-state index in [1.54, 1.807) is 36.5 Å². The van der Waals surface area contributed by atoms with E-state index in [4.69, 9.17) is 0 Å². The van der Waals surface area contributed by atoms with Crippen LogP contribution in [0.1, 0.15) is 12.8 Å². The van der Waals surface area contributed by atoms with Gasteiger partial charge in [-0.2, -0.15) is 4.31 Å². The molecule has 150 valence electrons. The Morgan fingerprint density at radius 2 is 1.66 bits per heavy atom.